The molecular formula is C3H6B3NO2. The van der Waals surface area contributed by atoms with Gasteiger partial charge in [0.25, 0.3) is 0 Å². The molecule has 0 aromatic rings. The van der Waals surface area contributed by atoms with Crippen LogP contribution in [-0.4, -0.2) is 51.2 Å². The molecule has 0 amide bonds. The van der Waals surface area contributed by atoms with E-state index < -0.39 is 17.4 Å². The van der Waals surface area contributed by atoms with Crippen molar-refractivity contribution in [3.63, 3.8) is 0 Å². The van der Waals surface area contributed by atoms with Crippen molar-refractivity contribution in [3.05, 3.63) is 0 Å². The molecule has 0 rings (SSSR count). The lowest BCUT2D eigenvalue weighted by Crippen LogP contribution is -2.64. The van der Waals surface area contributed by atoms with E-state index in [2.05, 4.69) is 0 Å². The first-order chi connectivity index (χ1) is 3.81. The fourth-order valence-corrected chi connectivity index (χ4v) is 0.127. The smallest absolute Gasteiger partial charge is 0.100 e. The average Bonchev–Trinajstić information content (AvgIpc) is 1.64. The van der Waals surface area contributed by atoms with Gasteiger partial charge in [0.05, 0.1) is 14.5 Å². The highest BCUT2D eigenvalue weighted by Crippen LogP contribution is 2.06. The van der Waals surface area contributed by atoms with Crippen molar-refractivity contribution in [1.82, 2.24) is 0 Å². The topological polar surface area (TPSA) is 66.5 Å². The summed E-state index contributed by atoms with van der Waals surface area (Å²) in [6, 6.07) is 0. The van der Waals surface area contributed by atoms with Gasteiger partial charge in [0.1, 0.15) is 15.7 Å². The first-order valence-corrected chi connectivity index (χ1v) is 2.30. The second-order valence-corrected chi connectivity index (χ2v) is 2.02. The van der Waals surface area contributed by atoms with Gasteiger partial charge in [-0.05, 0) is 5.40 Å². The zero-order valence-electron chi connectivity index (χ0n) is 4.91. The molecule has 0 aliphatic heterocycles. The Morgan fingerprint density at radius 1 is 1.33 bits per heavy atom. The quantitative estimate of drug-likeness (QED) is 0.336. The van der Waals surface area contributed by atoms with Gasteiger partial charge in [-0.15, -0.1) is 0 Å². The summed E-state index contributed by atoms with van der Waals surface area (Å²) in [6.45, 7) is -0.684. The summed E-state index contributed by atoms with van der Waals surface area (Å²) >= 11 is 0. The predicted molar refractivity (Wildman–Crippen MR) is 36.2 cm³/mol. The van der Waals surface area contributed by atoms with Gasteiger partial charge >= 0.3 is 0 Å². The van der Waals surface area contributed by atoms with Gasteiger partial charge in [0.2, 0.25) is 0 Å². The standard InChI is InChI=1S/C3H6B3NO2/c4-2(7,1-8)3(5,6)9/h8-9H,1,7H2/t2-/m0/s1. The van der Waals surface area contributed by atoms with E-state index in [1.807, 2.05) is 0 Å². The van der Waals surface area contributed by atoms with Gasteiger partial charge in [-0.25, -0.2) is 0 Å². The number of aliphatic hydroxyl groups excluding tert-OH is 1. The number of nitrogens with two attached hydrogens (primary N) is 1. The minimum atomic E-state index is -2.25. The Labute approximate surface area is 57.9 Å². The Balaban J connectivity index is 4.14. The fourth-order valence-electron chi connectivity index (χ4n) is 0.127. The Hall–Kier alpha value is 0.0748. The molecule has 4 N–H and O–H groups in total. The molecule has 0 saturated carbocycles. The highest BCUT2D eigenvalue weighted by atomic mass is 16.3. The maximum Gasteiger partial charge on any atom is 0.100 e. The molecule has 0 bridgehead atoms. The molecule has 0 heterocycles. The summed E-state index contributed by atoms with van der Waals surface area (Å²) in [4.78, 5) is 0. The molecule has 0 saturated heterocycles. The molecular weight excluding hydrogens is 114 g/mol. The van der Waals surface area contributed by atoms with Crippen LogP contribution in [0.25, 0.3) is 0 Å². The van der Waals surface area contributed by atoms with Crippen LogP contribution in [0, 0.1) is 0 Å². The van der Waals surface area contributed by atoms with Crippen molar-refractivity contribution >= 4 is 23.5 Å². The van der Waals surface area contributed by atoms with Gasteiger partial charge in [-0.3, -0.25) is 0 Å². The van der Waals surface area contributed by atoms with Gasteiger partial charge in [-0.2, -0.15) is 0 Å². The van der Waals surface area contributed by atoms with Crippen molar-refractivity contribution in [2.45, 2.75) is 10.8 Å². The van der Waals surface area contributed by atoms with E-state index in [0.29, 0.717) is 0 Å². The van der Waals surface area contributed by atoms with Crippen LogP contribution in [0.5, 0.6) is 0 Å². The Bertz CT molecular complexity index is 99.7. The molecule has 0 aliphatic carbocycles. The third kappa shape index (κ3) is 2.04. The van der Waals surface area contributed by atoms with E-state index in [1.165, 1.54) is 0 Å². The molecule has 9 heavy (non-hydrogen) atoms. The lowest BCUT2D eigenvalue weighted by Gasteiger charge is -2.37. The first-order valence-electron chi connectivity index (χ1n) is 2.30. The Kier molecular flexibility index (Phi) is 2.38. The molecule has 0 fully saturated rings. The second kappa shape index (κ2) is 2.36. The summed E-state index contributed by atoms with van der Waals surface area (Å²) in [5.41, 5.74) is 3.17. The van der Waals surface area contributed by atoms with Gasteiger partial charge < -0.3 is 15.9 Å². The molecule has 0 spiro atoms. The molecule has 44 valence electrons. The lowest BCUT2D eigenvalue weighted by atomic mass is 9.48. The summed E-state index contributed by atoms with van der Waals surface area (Å²) < 4.78 is 0. The SMILES string of the molecule is [B]C([B])(O)[C@@]([B])(N)CO. The van der Waals surface area contributed by atoms with Gasteiger partial charge in [-0.1, -0.05) is 0 Å². The summed E-state index contributed by atoms with van der Waals surface area (Å²) in [6.07, 6.45) is 0. The molecule has 1 atom stereocenters. The molecule has 0 aromatic heterocycles. The van der Waals surface area contributed by atoms with Crippen LogP contribution in [0.1, 0.15) is 0 Å². The van der Waals surface area contributed by atoms with Crippen molar-refractivity contribution in [1.29, 1.82) is 0 Å². The minimum Gasteiger partial charge on any atom is -0.408 e. The zero-order valence-corrected chi connectivity index (χ0v) is 4.91. The zero-order chi connectivity index (χ0) is 7.71. The van der Waals surface area contributed by atoms with E-state index in [0.717, 1.165) is 0 Å². The molecule has 6 heteroatoms. The molecule has 0 aromatic carbocycles. The van der Waals surface area contributed by atoms with Crippen molar-refractivity contribution in [2.24, 2.45) is 5.73 Å². The average molecular weight is 121 g/mol. The van der Waals surface area contributed by atoms with Crippen LogP contribution in [0.15, 0.2) is 0 Å². The van der Waals surface area contributed by atoms with Crippen LogP contribution in [0.2, 0.25) is 0 Å². The van der Waals surface area contributed by atoms with Crippen LogP contribution in [0.3, 0.4) is 0 Å². The normalized spacial score (nSPS) is 19.0. The highest BCUT2D eigenvalue weighted by Gasteiger charge is 2.32. The third-order valence-corrected chi connectivity index (χ3v) is 1.01. The number of hydrogen-bond donors (Lipinski definition) is 3. The van der Waals surface area contributed by atoms with Crippen LogP contribution in [0.4, 0.5) is 0 Å². The van der Waals surface area contributed by atoms with Crippen LogP contribution >= 0.6 is 0 Å². The minimum absolute atomic E-state index is 0.684. The number of rotatable bonds is 2. The maximum atomic E-state index is 8.69. The summed E-state index contributed by atoms with van der Waals surface area (Å²) in [5, 5.41) is 14.8. The van der Waals surface area contributed by atoms with E-state index in [9.17, 15) is 0 Å². The van der Waals surface area contributed by atoms with Crippen molar-refractivity contribution in [2.75, 3.05) is 6.61 Å². The van der Waals surface area contributed by atoms with E-state index >= 15 is 0 Å². The van der Waals surface area contributed by atoms with Crippen LogP contribution in [-0.2, 0) is 0 Å². The van der Waals surface area contributed by atoms with E-state index in [-0.39, 0.29) is 0 Å². The molecule has 0 unspecified atom stereocenters. The number of hydrogen-bond acceptors (Lipinski definition) is 3. The van der Waals surface area contributed by atoms with Crippen LogP contribution < -0.4 is 5.73 Å². The Morgan fingerprint density at radius 3 is 1.67 bits per heavy atom. The first kappa shape index (κ1) is 9.07. The second-order valence-electron chi connectivity index (χ2n) is 2.02. The summed E-state index contributed by atoms with van der Waals surface area (Å²) in [7, 11) is 14.7. The lowest BCUT2D eigenvalue weighted by molar-refractivity contribution is 0.114. The molecule has 6 radical (unpaired) electrons. The Morgan fingerprint density at radius 2 is 1.67 bits per heavy atom. The predicted octanol–water partition coefficient (Wildman–Crippen LogP) is -3.21. The fraction of sp³-hybridized carbons (Fsp3) is 1.00. The highest BCUT2D eigenvalue weighted by molar-refractivity contribution is 6.44. The van der Waals surface area contributed by atoms with Gasteiger partial charge in [0.15, 0.2) is 0 Å². The summed E-state index contributed by atoms with van der Waals surface area (Å²) in [5.74, 6) is 0. The van der Waals surface area contributed by atoms with Gasteiger partial charge in [0, 0.05) is 5.44 Å². The largest absolute Gasteiger partial charge is 0.408 e. The maximum absolute atomic E-state index is 8.69. The van der Waals surface area contributed by atoms with E-state index in [1.54, 1.807) is 0 Å². The molecule has 3 nitrogen and oxygen atoms in total. The number of aliphatic hydroxyl groups is 2. The van der Waals surface area contributed by atoms with Crippen molar-refractivity contribution in [3.8, 4) is 0 Å². The third-order valence-electron chi connectivity index (χ3n) is 1.01. The molecule has 0 aliphatic rings. The van der Waals surface area contributed by atoms with E-state index in [4.69, 9.17) is 39.5 Å². The monoisotopic (exact) mass is 121 g/mol. The van der Waals surface area contributed by atoms with Crippen molar-refractivity contribution < 1.29 is 10.2 Å².